The zero-order valence-corrected chi connectivity index (χ0v) is 19.6. The number of aliphatic hydroxyl groups is 1. The van der Waals surface area contributed by atoms with E-state index in [1.807, 2.05) is 0 Å². The number of allylic oxidation sites excluding steroid dienone is 3. The van der Waals surface area contributed by atoms with Crippen molar-refractivity contribution >= 4 is 11.6 Å². The molecule has 5 aliphatic rings. The van der Waals surface area contributed by atoms with E-state index in [-0.39, 0.29) is 46.4 Å². The number of rotatable bonds is 4. The molecule has 0 amide bonds. The van der Waals surface area contributed by atoms with Gasteiger partial charge in [0.15, 0.2) is 5.78 Å². The molecule has 3 saturated carbocycles. The third-order valence-corrected chi connectivity index (χ3v) is 9.94. The maximum Gasteiger partial charge on any atom is 0.159 e. The summed E-state index contributed by atoms with van der Waals surface area (Å²) in [5.41, 5.74) is 0.519. The highest BCUT2D eigenvalue weighted by Gasteiger charge is 2.80. The predicted molar refractivity (Wildman–Crippen MR) is 119 cm³/mol. The van der Waals surface area contributed by atoms with Crippen LogP contribution in [0, 0.1) is 46.8 Å². The molecular weight excluding hydrogens is 388 g/mol. The molecule has 4 aliphatic carbocycles. The quantitative estimate of drug-likeness (QED) is 0.531. The first-order chi connectivity index (χ1) is 14.6. The molecule has 8 unspecified atom stereocenters. The normalized spacial score (nSPS) is 48.0. The van der Waals surface area contributed by atoms with Crippen molar-refractivity contribution in [3.8, 4) is 0 Å². The lowest BCUT2D eigenvalue weighted by Gasteiger charge is -2.54. The SMILES string of the molecule is CC(C)C(C)/C=C/C(C)[C@H]1CC2OC23C2=CC(=O)C4CC(=O)CCC4C2C(O)C[C@]13C. The molecular formula is C27H38O4. The molecule has 170 valence electrons. The molecule has 1 heterocycles. The van der Waals surface area contributed by atoms with Gasteiger partial charge in [-0.3, -0.25) is 9.59 Å². The molecule has 4 heteroatoms. The molecule has 0 aromatic rings. The van der Waals surface area contributed by atoms with E-state index >= 15 is 0 Å². The number of ketones is 2. The van der Waals surface area contributed by atoms with Crippen molar-refractivity contribution in [3.63, 3.8) is 0 Å². The van der Waals surface area contributed by atoms with Crippen LogP contribution < -0.4 is 0 Å². The second-order valence-electron chi connectivity index (χ2n) is 11.8. The van der Waals surface area contributed by atoms with Crippen LogP contribution in [0.4, 0.5) is 0 Å². The van der Waals surface area contributed by atoms with Crippen LogP contribution in [0.15, 0.2) is 23.8 Å². The van der Waals surface area contributed by atoms with Gasteiger partial charge in [-0.05, 0) is 60.5 Å². The van der Waals surface area contributed by atoms with E-state index in [2.05, 4.69) is 46.8 Å². The largest absolute Gasteiger partial charge is 0.392 e. The lowest BCUT2D eigenvalue weighted by molar-refractivity contribution is -0.136. The van der Waals surface area contributed by atoms with Gasteiger partial charge in [0.1, 0.15) is 11.4 Å². The Labute approximate surface area is 186 Å². The summed E-state index contributed by atoms with van der Waals surface area (Å²) in [7, 11) is 0. The minimum Gasteiger partial charge on any atom is -0.392 e. The Morgan fingerprint density at radius 2 is 1.94 bits per heavy atom. The third-order valence-electron chi connectivity index (χ3n) is 9.94. The summed E-state index contributed by atoms with van der Waals surface area (Å²) in [5, 5.41) is 11.4. The van der Waals surface area contributed by atoms with Gasteiger partial charge in [0, 0.05) is 30.1 Å². The van der Waals surface area contributed by atoms with Crippen LogP contribution in [0.25, 0.3) is 0 Å². The Balaban J connectivity index is 1.47. The number of epoxide rings is 1. The minimum atomic E-state index is -0.466. The standard InChI is InChI=1S/C27H38O4/c1-14(2)15(3)6-7-16(4)20-12-24-27(31-24)21-11-22(29)19-10-17(28)8-9-18(19)25(21)23(30)13-26(20,27)5/h6-7,11,14-16,18-20,23-25,30H,8-10,12-13H2,1-5H3/b7-6+/t15?,16?,18?,19?,20-,23?,24?,25?,26-,27?/m1/s1. The van der Waals surface area contributed by atoms with Crippen LogP contribution in [0.1, 0.15) is 66.7 Å². The molecule has 0 aromatic carbocycles. The molecule has 1 spiro atoms. The topological polar surface area (TPSA) is 66.9 Å². The summed E-state index contributed by atoms with van der Waals surface area (Å²) < 4.78 is 6.44. The van der Waals surface area contributed by atoms with E-state index in [0.717, 1.165) is 24.8 Å². The van der Waals surface area contributed by atoms with Crippen LogP contribution in [-0.4, -0.2) is 34.5 Å². The molecule has 1 saturated heterocycles. The van der Waals surface area contributed by atoms with Crippen LogP contribution in [0.5, 0.6) is 0 Å². The van der Waals surface area contributed by atoms with E-state index in [1.54, 1.807) is 6.08 Å². The number of carbonyl (C=O) groups excluding carboxylic acids is 2. The summed E-state index contributed by atoms with van der Waals surface area (Å²) in [6, 6.07) is 0. The number of carbonyl (C=O) groups is 2. The molecule has 0 radical (unpaired) electrons. The molecule has 4 nitrogen and oxygen atoms in total. The van der Waals surface area contributed by atoms with Crippen molar-refractivity contribution in [2.75, 3.05) is 0 Å². The van der Waals surface area contributed by atoms with Crippen LogP contribution in [-0.2, 0) is 14.3 Å². The molecule has 1 N–H and O–H groups in total. The Hall–Kier alpha value is -1.26. The highest BCUT2D eigenvalue weighted by atomic mass is 16.6. The molecule has 0 bridgehead atoms. The van der Waals surface area contributed by atoms with E-state index in [9.17, 15) is 14.7 Å². The fourth-order valence-corrected chi connectivity index (χ4v) is 7.83. The van der Waals surface area contributed by atoms with E-state index in [0.29, 0.717) is 36.5 Å². The molecule has 31 heavy (non-hydrogen) atoms. The number of hydrogen-bond acceptors (Lipinski definition) is 4. The maximum atomic E-state index is 13.1. The number of fused-ring (bicyclic) bond motifs is 3. The Morgan fingerprint density at radius 1 is 1.19 bits per heavy atom. The van der Waals surface area contributed by atoms with Crippen molar-refractivity contribution < 1.29 is 19.4 Å². The lowest BCUT2D eigenvalue weighted by atomic mass is 9.51. The van der Waals surface area contributed by atoms with Crippen molar-refractivity contribution in [1.29, 1.82) is 0 Å². The summed E-state index contributed by atoms with van der Waals surface area (Å²) in [5.74, 6) is 2.11. The van der Waals surface area contributed by atoms with Crippen molar-refractivity contribution in [1.82, 2.24) is 0 Å². The van der Waals surface area contributed by atoms with Gasteiger partial charge < -0.3 is 9.84 Å². The van der Waals surface area contributed by atoms with Gasteiger partial charge >= 0.3 is 0 Å². The lowest BCUT2D eigenvalue weighted by Crippen LogP contribution is -2.57. The first-order valence-electron chi connectivity index (χ1n) is 12.4. The average Bonchev–Trinajstić information content (AvgIpc) is 3.38. The fourth-order valence-electron chi connectivity index (χ4n) is 7.83. The molecule has 5 rings (SSSR count). The Kier molecular flexibility index (Phi) is 4.95. The fraction of sp³-hybridized carbons (Fsp3) is 0.778. The van der Waals surface area contributed by atoms with Gasteiger partial charge in [-0.2, -0.15) is 0 Å². The van der Waals surface area contributed by atoms with Gasteiger partial charge in [0.25, 0.3) is 0 Å². The second-order valence-corrected chi connectivity index (χ2v) is 11.8. The number of hydrogen-bond donors (Lipinski definition) is 1. The van der Waals surface area contributed by atoms with E-state index < -0.39 is 6.10 Å². The summed E-state index contributed by atoms with van der Waals surface area (Å²) >= 11 is 0. The first kappa shape index (κ1) is 21.6. The highest BCUT2D eigenvalue weighted by Crippen LogP contribution is 2.74. The zero-order valence-electron chi connectivity index (χ0n) is 19.6. The summed E-state index contributed by atoms with van der Waals surface area (Å²) in [4.78, 5) is 25.1. The maximum absolute atomic E-state index is 13.1. The third kappa shape index (κ3) is 2.93. The predicted octanol–water partition coefficient (Wildman–Crippen LogP) is 4.51. The molecule has 0 aromatic heterocycles. The molecule has 10 atom stereocenters. The van der Waals surface area contributed by atoms with E-state index in [1.165, 1.54) is 0 Å². The minimum absolute atomic E-state index is 0.0283. The summed E-state index contributed by atoms with van der Waals surface area (Å²) in [6.07, 6.45) is 9.56. The zero-order chi connectivity index (χ0) is 22.3. The Morgan fingerprint density at radius 3 is 2.65 bits per heavy atom. The van der Waals surface area contributed by atoms with Gasteiger partial charge in [0.2, 0.25) is 0 Å². The first-order valence-corrected chi connectivity index (χ1v) is 12.4. The van der Waals surface area contributed by atoms with Gasteiger partial charge in [0.05, 0.1) is 12.2 Å². The van der Waals surface area contributed by atoms with Gasteiger partial charge in [-0.25, -0.2) is 0 Å². The average molecular weight is 427 g/mol. The van der Waals surface area contributed by atoms with Crippen LogP contribution in [0.2, 0.25) is 0 Å². The van der Waals surface area contributed by atoms with Crippen LogP contribution >= 0.6 is 0 Å². The van der Waals surface area contributed by atoms with Gasteiger partial charge in [-0.1, -0.05) is 46.8 Å². The number of ether oxygens (including phenoxy) is 1. The number of aliphatic hydroxyl groups excluding tert-OH is 1. The van der Waals surface area contributed by atoms with Gasteiger partial charge in [-0.15, -0.1) is 0 Å². The van der Waals surface area contributed by atoms with E-state index in [4.69, 9.17) is 4.74 Å². The monoisotopic (exact) mass is 426 g/mol. The molecule has 1 aliphatic heterocycles. The molecule has 4 fully saturated rings. The van der Waals surface area contributed by atoms with Crippen molar-refractivity contribution in [2.45, 2.75) is 84.5 Å². The summed E-state index contributed by atoms with van der Waals surface area (Å²) in [6.45, 7) is 11.4. The smallest absolute Gasteiger partial charge is 0.159 e. The number of Topliss-reactive ketones (excluding diaryl/α,β-unsaturated/α-hetero) is 1. The van der Waals surface area contributed by atoms with Crippen LogP contribution in [0.3, 0.4) is 0 Å². The van der Waals surface area contributed by atoms with Crippen molar-refractivity contribution in [2.24, 2.45) is 46.8 Å². The van der Waals surface area contributed by atoms with Crippen molar-refractivity contribution in [3.05, 3.63) is 23.8 Å². The second kappa shape index (κ2) is 7.12. The Bertz CT molecular complexity index is 855. The highest BCUT2D eigenvalue weighted by molar-refractivity contribution is 5.98.